The van der Waals surface area contributed by atoms with E-state index in [-0.39, 0.29) is 5.91 Å². The quantitative estimate of drug-likeness (QED) is 0.601. The first-order chi connectivity index (χ1) is 6.16. The molecule has 1 unspecified atom stereocenters. The van der Waals surface area contributed by atoms with Crippen molar-refractivity contribution in [2.24, 2.45) is 0 Å². The molecule has 0 spiro atoms. The predicted molar refractivity (Wildman–Crippen MR) is 57.9 cm³/mol. The van der Waals surface area contributed by atoms with Gasteiger partial charge in [-0.3, -0.25) is 4.79 Å². The fourth-order valence-electron chi connectivity index (χ4n) is 1.38. The maximum absolute atomic E-state index is 11.8. The molecule has 0 aromatic carbocycles. The van der Waals surface area contributed by atoms with E-state index in [9.17, 15) is 4.79 Å². The smallest absolute Gasteiger partial charge is 0.249 e. The van der Waals surface area contributed by atoms with E-state index >= 15 is 0 Å². The molecule has 0 saturated carbocycles. The third-order valence-electron chi connectivity index (χ3n) is 2.40. The summed E-state index contributed by atoms with van der Waals surface area (Å²) < 4.78 is 0. The van der Waals surface area contributed by atoms with Crippen LogP contribution in [-0.4, -0.2) is 34.9 Å². The summed E-state index contributed by atoms with van der Waals surface area (Å²) in [5.74, 6) is 2.35. The van der Waals surface area contributed by atoms with E-state index in [2.05, 4.69) is 6.92 Å². The number of hydrogen-bond donors (Lipinski definition) is 0. The van der Waals surface area contributed by atoms with Crippen molar-refractivity contribution in [1.82, 2.24) is 4.90 Å². The Bertz CT molecular complexity index is 225. The second kappa shape index (κ2) is 4.70. The molecule has 1 fully saturated rings. The Hall–Kier alpha value is -0.440. The summed E-state index contributed by atoms with van der Waals surface area (Å²) >= 11 is 1.93. The van der Waals surface area contributed by atoms with Crippen LogP contribution in [0.15, 0.2) is 11.6 Å². The molecule has 1 aliphatic heterocycles. The molecule has 2 nitrogen and oxygen atoms in total. The van der Waals surface area contributed by atoms with Crippen LogP contribution in [0.25, 0.3) is 0 Å². The van der Waals surface area contributed by atoms with Crippen LogP contribution in [0, 0.1) is 0 Å². The average molecular weight is 199 g/mol. The number of nitrogens with zero attached hydrogens (tertiary/aromatic N) is 1. The molecule has 1 atom stereocenters. The topological polar surface area (TPSA) is 20.3 Å². The summed E-state index contributed by atoms with van der Waals surface area (Å²) in [6.07, 6.45) is 1.89. The van der Waals surface area contributed by atoms with E-state index in [1.165, 1.54) is 0 Å². The largest absolute Gasteiger partial charge is 0.335 e. The zero-order valence-corrected chi connectivity index (χ0v) is 9.36. The lowest BCUT2D eigenvalue weighted by atomic mass is 10.2. The maximum atomic E-state index is 11.8. The third kappa shape index (κ3) is 2.50. The van der Waals surface area contributed by atoms with Crippen LogP contribution in [0.3, 0.4) is 0 Å². The SMILES string of the molecule is C/C=C(/C)C(=O)N1CCSCC1C. The van der Waals surface area contributed by atoms with Gasteiger partial charge in [-0.2, -0.15) is 11.8 Å². The van der Waals surface area contributed by atoms with Gasteiger partial charge in [-0.1, -0.05) is 6.08 Å². The van der Waals surface area contributed by atoms with Crippen molar-refractivity contribution < 1.29 is 4.79 Å². The zero-order valence-electron chi connectivity index (χ0n) is 8.54. The first-order valence-electron chi connectivity index (χ1n) is 4.68. The molecule has 0 N–H and O–H groups in total. The molecular formula is C10H17NOS. The molecule has 1 rings (SSSR count). The van der Waals surface area contributed by atoms with E-state index in [1.807, 2.05) is 36.6 Å². The van der Waals surface area contributed by atoms with Gasteiger partial charge in [0, 0.05) is 29.7 Å². The van der Waals surface area contributed by atoms with Gasteiger partial charge in [-0.25, -0.2) is 0 Å². The van der Waals surface area contributed by atoms with Gasteiger partial charge in [0.25, 0.3) is 0 Å². The molecule has 1 heterocycles. The number of allylic oxidation sites excluding steroid dienone is 1. The van der Waals surface area contributed by atoms with Crippen molar-refractivity contribution in [2.75, 3.05) is 18.1 Å². The molecule has 0 aromatic heterocycles. The van der Waals surface area contributed by atoms with Crippen LogP contribution in [0.4, 0.5) is 0 Å². The highest BCUT2D eigenvalue weighted by molar-refractivity contribution is 7.99. The summed E-state index contributed by atoms with van der Waals surface area (Å²) in [7, 11) is 0. The lowest BCUT2D eigenvalue weighted by Crippen LogP contribution is -2.44. The first kappa shape index (κ1) is 10.6. The normalized spacial score (nSPS) is 24.7. The minimum absolute atomic E-state index is 0.204. The van der Waals surface area contributed by atoms with E-state index in [1.54, 1.807) is 0 Å². The molecule has 13 heavy (non-hydrogen) atoms. The number of rotatable bonds is 1. The molecule has 1 amide bonds. The van der Waals surface area contributed by atoms with E-state index in [4.69, 9.17) is 0 Å². The fourth-order valence-corrected chi connectivity index (χ4v) is 2.39. The van der Waals surface area contributed by atoms with Gasteiger partial charge in [-0.15, -0.1) is 0 Å². The zero-order chi connectivity index (χ0) is 9.84. The van der Waals surface area contributed by atoms with Crippen LogP contribution in [0.5, 0.6) is 0 Å². The van der Waals surface area contributed by atoms with Crippen molar-refractivity contribution >= 4 is 17.7 Å². The fraction of sp³-hybridized carbons (Fsp3) is 0.700. The van der Waals surface area contributed by atoms with Gasteiger partial charge in [0.15, 0.2) is 0 Å². The Balaban J connectivity index is 2.64. The Morgan fingerprint density at radius 3 is 2.85 bits per heavy atom. The number of hydrogen-bond acceptors (Lipinski definition) is 2. The molecule has 1 saturated heterocycles. The molecule has 0 bridgehead atoms. The van der Waals surface area contributed by atoms with Gasteiger partial charge < -0.3 is 4.90 Å². The van der Waals surface area contributed by atoms with Gasteiger partial charge in [0.1, 0.15) is 0 Å². The number of carbonyl (C=O) groups excluding carboxylic acids is 1. The summed E-state index contributed by atoms with van der Waals surface area (Å²) in [4.78, 5) is 13.8. The molecule has 0 radical (unpaired) electrons. The minimum Gasteiger partial charge on any atom is -0.335 e. The van der Waals surface area contributed by atoms with Crippen molar-refractivity contribution in [3.63, 3.8) is 0 Å². The van der Waals surface area contributed by atoms with Crippen molar-refractivity contribution in [1.29, 1.82) is 0 Å². The Morgan fingerprint density at radius 2 is 2.31 bits per heavy atom. The summed E-state index contributed by atoms with van der Waals surface area (Å²) in [6.45, 7) is 6.82. The highest BCUT2D eigenvalue weighted by atomic mass is 32.2. The van der Waals surface area contributed by atoms with Crippen molar-refractivity contribution in [2.45, 2.75) is 26.8 Å². The number of thioether (sulfide) groups is 1. The summed E-state index contributed by atoms with van der Waals surface area (Å²) in [5, 5.41) is 0. The van der Waals surface area contributed by atoms with Gasteiger partial charge in [0.2, 0.25) is 5.91 Å². The van der Waals surface area contributed by atoms with Crippen LogP contribution in [0.2, 0.25) is 0 Å². The Morgan fingerprint density at radius 1 is 1.62 bits per heavy atom. The Labute approximate surface area is 84.4 Å². The van der Waals surface area contributed by atoms with Crippen LogP contribution in [0.1, 0.15) is 20.8 Å². The highest BCUT2D eigenvalue weighted by Crippen LogP contribution is 2.17. The first-order valence-corrected chi connectivity index (χ1v) is 5.84. The lowest BCUT2D eigenvalue weighted by molar-refractivity contribution is -0.128. The Kier molecular flexibility index (Phi) is 3.85. The lowest BCUT2D eigenvalue weighted by Gasteiger charge is -2.33. The van der Waals surface area contributed by atoms with E-state index < -0.39 is 0 Å². The van der Waals surface area contributed by atoms with E-state index in [0.29, 0.717) is 6.04 Å². The standard InChI is InChI=1S/C10H17NOS/c1-4-8(2)10(12)11-5-6-13-7-9(11)3/h4,9H,5-7H2,1-3H3/b8-4-. The average Bonchev–Trinajstić information content (AvgIpc) is 2.16. The molecule has 0 aromatic rings. The minimum atomic E-state index is 0.204. The molecular weight excluding hydrogens is 182 g/mol. The van der Waals surface area contributed by atoms with Gasteiger partial charge >= 0.3 is 0 Å². The van der Waals surface area contributed by atoms with Crippen molar-refractivity contribution in [3.8, 4) is 0 Å². The molecule has 0 aliphatic carbocycles. The van der Waals surface area contributed by atoms with Crippen LogP contribution < -0.4 is 0 Å². The molecule has 74 valence electrons. The van der Waals surface area contributed by atoms with Crippen molar-refractivity contribution in [3.05, 3.63) is 11.6 Å². The monoisotopic (exact) mass is 199 g/mol. The number of amides is 1. The maximum Gasteiger partial charge on any atom is 0.249 e. The second-order valence-electron chi connectivity index (χ2n) is 3.39. The number of carbonyl (C=O) groups is 1. The summed E-state index contributed by atoms with van der Waals surface area (Å²) in [6, 6.07) is 0.390. The van der Waals surface area contributed by atoms with Crippen LogP contribution >= 0.6 is 11.8 Å². The predicted octanol–water partition coefficient (Wildman–Crippen LogP) is 1.92. The van der Waals surface area contributed by atoms with Gasteiger partial charge in [0.05, 0.1) is 0 Å². The van der Waals surface area contributed by atoms with Crippen LogP contribution in [-0.2, 0) is 4.79 Å². The van der Waals surface area contributed by atoms with E-state index in [0.717, 1.165) is 23.6 Å². The molecule has 3 heteroatoms. The second-order valence-corrected chi connectivity index (χ2v) is 4.54. The van der Waals surface area contributed by atoms with Gasteiger partial charge in [-0.05, 0) is 20.8 Å². The summed E-state index contributed by atoms with van der Waals surface area (Å²) in [5.41, 5.74) is 0.860. The highest BCUT2D eigenvalue weighted by Gasteiger charge is 2.23. The molecule has 1 aliphatic rings. The third-order valence-corrected chi connectivity index (χ3v) is 3.59.